The largest absolute Gasteiger partial charge is 0.508 e. The Morgan fingerprint density at radius 3 is 2.38 bits per heavy atom. The molecule has 0 amide bonds. The molecular formula is C14H21NO. The molecule has 2 rings (SSSR count). The highest BCUT2D eigenvalue weighted by molar-refractivity contribution is 5.26. The molecule has 3 N–H and O–H groups in total. The summed E-state index contributed by atoms with van der Waals surface area (Å²) in [7, 11) is 0. The van der Waals surface area contributed by atoms with Crippen molar-refractivity contribution in [3.05, 3.63) is 29.8 Å². The standard InChI is InChI=1S/C14H21NO/c15-14(12-4-2-1-3-5-12)10-11-6-8-13(16)9-7-11/h6-9,12,14,16H,1-5,10,15H2. The summed E-state index contributed by atoms with van der Waals surface area (Å²) in [4.78, 5) is 0. The molecule has 0 aliphatic heterocycles. The third-order valence-corrected chi connectivity index (χ3v) is 3.66. The van der Waals surface area contributed by atoms with Crippen molar-refractivity contribution in [2.75, 3.05) is 0 Å². The van der Waals surface area contributed by atoms with E-state index < -0.39 is 0 Å². The molecule has 0 radical (unpaired) electrons. The van der Waals surface area contributed by atoms with E-state index in [0.717, 1.165) is 6.42 Å². The zero-order chi connectivity index (χ0) is 11.4. The zero-order valence-electron chi connectivity index (χ0n) is 9.73. The lowest BCUT2D eigenvalue weighted by Crippen LogP contribution is -2.33. The topological polar surface area (TPSA) is 46.2 Å². The van der Waals surface area contributed by atoms with Crippen LogP contribution < -0.4 is 5.73 Å². The van der Waals surface area contributed by atoms with Gasteiger partial charge in [0, 0.05) is 6.04 Å². The normalized spacial score (nSPS) is 19.6. The minimum atomic E-state index is 0.282. The third-order valence-electron chi connectivity index (χ3n) is 3.66. The summed E-state index contributed by atoms with van der Waals surface area (Å²) in [5.74, 6) is 1.03. The summed E-state index contributed by atoms with van der Waals surface area (Å²) in [5.41, 5.74) is 7.49. The Morgan fingerprint density at radius 2 is 1.75 bits per heavy atom. The average Bonchev–Trinajstić information content (AvgIpc) is 2.33. The minimum absolute atomic E-state index is 0.282. The van der Waals surface area contributed by atoms with E-state index in [0.29, 0.717) is 11.7 Å². The summed E-state index contributed by atoms with van der Waals surface area (Å²) in [5, 5.41) is 9.21. The van der Waals surface area contributed by atoms with Crippen LogP contribution in [-0.4, -0.2) is 11.1 Å². The van der Waals surface area contributed by atoms with Gasteiger partial charge in [-0.15, -0.1) is 0 Å². The van der Waals surface area contributed by atoms with E-state index in [1.165, 1.54) is 37.7 Å². The molecule has 0 aromatic heterocycles. The second-order valence-electron chi connectivity index (χ2n) is 4.93. The number of aromatic hydroxyl groups is 1. The van der Waals surface area contributed by atoms with Crippen molar-refractivity contribution < 1.29 is 5.11 Å². The first-order chi connectivity index (χ1) is 7.75. The Labute approximate surface area is 97.5 Å². The molecule has 2 heteroatoms. The molecule has 1 unspecified atom stereocenters. The predicted octanol–water partition coefficient (Wildman–Crippen LogP) is 2.84. The van der Waals surface area contributed by atoms with Gasteiger partial charge >= 0.3 is 0 Å². The van der Waals surface area contributed by atoms with E-state index in [1.807, 2.05) is 12.1 Å². The Hall–Kier alpha value is -1.02. The lowest BCUT2D eigenvalue weighted by Gasteiger charge is -2.27. The number of rotatable bonds is 3. The number of hydrogen-bond acceptors (Lipinski definition) is 2. The summed E-state index contributed by atoms with van der Waals surface area (Å²) < 4.78 is 0. The smallest absolute Gasteiger partial charge is 0.115 e. The number of phenols is 1. The number of hydrogen-bond donors (Lipinski definition) is 2. The van der Waals surface area contributed by atoms with E-state index in [9.17, 15) is 5.11 Å². The molecule has 1 fully saturated rings. The first kappa shape index (κ1) is 11.5. The van der Waals surface area contributed by atoms with Gasteiger partial charge in [-0.05, 0) is 42.9 Å². The van der Waals surface area contributed by atoms with Crippen molar-refractivity contribution in [3.8, 4) is 5.75 Å². The Bertz CT molecular complexity index is 314. The quantitative estimate of drug-likeness (QED) is 0.821. The maximum atomic E-state index is 9.21. The van der Waals surface area contributed by atoms with Crippen LogP contribution in [0.3, 0.4) is 0 Å². The molecule has 0 heterocycles. The van der Waals surface area contributed by atoms with E-state index in [-0.39, 0.29) is 6.04 Å². The first-order valence-corrected chi connectivity index (χ1v) is 6.29. The molecule has 0 saturated heterocycles. The van der Waals surface area contributed by atoms with Gasteiger partial charge in [-0.1, -0.05) is 31.4 Å². The second-order valence-corrected chi connectivity index (χ2v) is 4.93. The molecule has 0 bridgehead atoms. The highest BCUT2D eigenvalue weighted by Gasteiger charge is 2.20. The highest BCUT2D eigenvalue weighted by atomic mass is 16.3. The molecule has 1 aliphatic carbocycles. The summed E-state index contributed by atoms with van der Waals surface area (Å²) >= 11 is 0. The van der Waals surface area contributed by atoms with Crippen LogP contribution in [0, 0.1) is 5.92 Å². The summed E-state index contributed by atoms with van der Waals surface area (Å²) in [6.07, 6.45) is 7.58. The van der Waals surface area contributed by atoms with Crippen LogP contribution in [-0.2, 0) is 6.42 Å². The fraction of sp³-hybridized carbons (Fsp3) is 0.571. The molecular weight excluding hydrogens is 198 g/mol. The molecule has 1 saturated carbocycles. The van der Waals surface area contributed by atoms with Crippen molar-refractivity contribution in [2.45, 2.75) is 44.6 Å². The monoisotopic (exact) mass is 219 g/mol. The van der Waals surface area contributed by atoms with Gasteiger partial charge in [0.15, 0.2) is 0 Å². The van der Waals surface area contributed by atoms with Gasteiger partial charge in [-0.2, -0.15) is 0 Å². The molecule has 1 aromatic rings. The van der Waals surface area contributed by atoms with Gasteiger partial charge in [0.05, 0.1) is 0 Å². The van der Waals surface area contributed by atoms with E-state index in [2.05, 4.69) is 0 Å². The van der Waals surface area contributed by atoms with Crippen molar-refractivity contribution in [1.29, 1.82) is 0 Å². The molecule has 0 spiro atoms. The van der Waals surface area contributed by atoms with Gasteiger partial charge in [0.25, 0.3) is 0 Å². The van der Waals surface area contributed by atoms with E-state index in [1.54, 1.807) is 12.1 Å². The van der Waals surface area contributed by atoms with Crippen LogP contribution in [0.5, 0.6) is 5.75 Å². The maximum Gasteiger partial charge on any atom is 0.115 e. The first-order valence-electron chi connectivity index (χ1n) is 6.29. The molecule has 1 atom stereocenters. The van der Waals surface area contributed by atoms with Gasteiger partial charge < -0.3 is 10.8 Å². The van der Waals surface area contributed by atoms with Crippen LogP contribution in [0.15, 0.2) is 24.3 Å². The molecule has 1 aliphatic rings. The molecule has 1 aromatic carbocycles. The Balaban J connectivity index is 1.90. The van der Waals surface area contributed by atoms with Crippen molar-refractivity contribution in [2.24, 2.45) is 11.7 Å². The van der Waals surface area contributed by atoms with Crippen LogP contribution in [0.25, 0.3) is 0 Å². The fourth-order valence-corrected chi connectivity index (χ4v) is 2.63. The van der Waals surface area contributed by atoms with Gasteiger partial charge in [0.2, 0.25) is 0 Å². The van der Waals surface area contributed by atoms with Crippen LogP contribution in [0.1, 0.15) is 37.7 Å². The number of nitrogens with two attached hydrogens (primary N) is 1. The van der Waals surface area contributed by atoms with Gasteiger partial charge in [-0.25, -0.2) is 0 Å². The Kier molecular flexibility index (Phi) is 3.83. The Morgan fingerprint density at radius 1 is 1.12 bits per heavy atom. The lowest BCUT2D eigenvalue weighted by molar-refractivity contribution is 0.303. The van der Waals surface area contributed by atoms with Crippen molar-refractivity contribution in [1.82, 2.24) is 0 Å². The lowest BCUT2D eigenvalue weighted by atomic mass is 9.82. The van der Waals surface area contributed by atoms with E-state index in [4.69, 9.17) is 5.73 Å². The minimum Gasteiger partial charge on any atom is -0.508 e. The summed E-state index contributed by atoms with van der Waals surface area (Å²) in [6.45, 7) is 0. The van der Waals surface area contributed by atoms with Crippen LogP contribution in [0.4, 0.5) is 0 Å². The van der Waals surface area contributed by atoms with Crippen LogP contribution >= 0.6 is 0 Å². The molecule has 16 heavy (non-hydrogen) atoms. The molecule has 2 nitrogen and oxygen atoms in total. The second kappa shape index (κ2) is 5.35. The van der Waals surface area contributed by atoms with Gasteiger partial charge in [0.1, 0.15) is 5.75 Å². The van der Waals surface area contributed by atoms with Gasteiger partial charge in [-0.3, -0.25) is 0 Å². The van der Waals surface area contributed by atoms with Crippen molar-refractivity contribution >= 4 is 0 Å². The van der Waals surface area contributed by atoms with E-state index >= 15 is 0 Å². The van der Waals surface area contributed by atoms with Crippen LogP contribution in [0.2, 0.25) is 0 Å². The average molecular weight is 219 g/mol. The number of phenolic OH excluding ortho intramolecular Hbond substituents is 1. The number of benzene rings is 1. The summed E-state index contributed by atoms with van der Waals surface area (Å²) in [6, 6.07) is 7.70. The maximum absolute atomic E-state index is 9.21. The third kappa shape index (κ3) is 2.99. The highest BCUT2D eigenvalue weighted by Crippen LogP contribution is 2.27. The predicted molar refractivity (Wildman–Crippen MR) is 66.4 cm³/mol. The zero-order valence-corrected chi connectivity index (χ0v) is 9.73. The molecule has 88 valence electrons. The van der Waals surface area contributed by atoms with Crippen molar-refractivity contribution in [3.63, 3.8) is 0 Å². The fourth-order valence-electron chi connectivity index (χ4n) is 2.63. The SMILES string of the molecule is NC(Cc1ccc(O)cc1)C1CCCCC1.